The van der Waals surface area contributed by atoms with Crippen LogP contribution in [0.3, 0.4) is 0 Å². The van der Waals surface area contributed by atoms with E-state index in [9.17, 15) is 35.1 Å². The number of alkyl halides is 8. The molecule has 28 heteroatoms. The van der Waals surface area contributed by atoms with E-state index >= 15 is 0 Å². The molecule has 532 valence electrons. The highest BCUT2D eigenvalue weighted by atomic mass is 19.4. The highest BCUT2D eigenvalue weighted by molar-refractivity contribution is 5.66. The highest BCUT2D eigenvalue weighted by Crippen LogP contribution is 2.68. The molecule has 0 aromatic carbocycles. The van der Waals surface area contributed by atoms with Gasteiger partial charge in [-0.3, -0.25) is 28.7 Å². The molecule has 1 spiro atoms. The van der Waals surface area contributed by atoms with Crippen LogP contribution in [0.1, 0.15) is 144 Å². The number of nitrogens with two attached hydrogens (primary N) is 3. The molecule has 6 N–H and O–H groups in total. The molecule has 7 unspecified atom stereocenters. The van der Waals surface area contributed by atoms with Crippen molar-refractivity contribution in [2.75, 3.05) is 117 Å². The lowest BCUT2D eigenvalue weighted by Crippen LogP contribution is -2.59. The average Bonchev–Trinajstić information content (AvgIpc) is 1.55. The number of ether oxygens (including phenoxy) is 3. The van der Waals surface area contributed by atoms with Crippen molar-refractivity contribution in [3.8, 4) is 39.5 Å². The Hall–Kier alpha value is -6.56. The Morgan fingerprint density at radius 3 is 1.37 bits per heavy atom. The van der Waals surface area contributed by atoms with Crippen molar-refractivity contribution in [3.05, 3.63) is 83.2 Å². The maximum Gasteiger partial charge on any atom is 0.419 e. The summed E-state index contributed by atoms with van der Waals surface area (Å²) in [5.74, 6) is 3.91. The van der Waals surface area contributed by atoms with Gasteiger partial charge in [-0.15, -0.1) is 0 Å². The Labute approximate surface area is 566 Å². The van der Waals surface area contributed by atoms with Crippen LogP contribution in [0, 0.1) is 35.5 Å². The number of hydrogen-bond donors (Lipinski definition) is 3. The lowest BCUT2D eigenvalue weighted by atomic mass is 9.91. The lowest BCUT2D eigenvalue weighted by molar-refractivity contribution is -0.137. The third kappa shape index (κ3) is 13.6. The van der Waals surface area contributed by atoms with Crippen LogP contribution < -0.4 is 21.9 Å². The normalized spacial score (nSPS) is 30.3. The van der Waals surface area contributed by atoms with Crippen LogP contribution in [0.5, 0.6) is 5.75 Å². The predicted molar refractivity (Wildman–Crippen MR) is 355 cm³/mol. The van der Waals surface area contributed by atoms with Crippen LogP contribution in [0.4, 0.5) is 52.6 Å². The smallest absolute Gasteiger partial charge is 0.419 e. The number of fused-ring (bicyclic) bond motifs is 4. The zero-order valence-corrected chi connectivity index (χ0v) is 57.1. The summed E-state index contributed by atoms with van der Waals surface area (Å²) in [5.41, 5.74) is 21.4. The van der Waals surface area contributed by atoms with Crippen molar-refractivity contribution in [1.29, 1.82) is 0 Å². The van der Waals surface area contributed by atoms with Gasteiger partial charge in [-0.25, -0.2) is 15.0 Å². The fraction of sp³-hybridized carbons (Fsp3) is 0.657. The Bertz CT molecular complexity index is 3810. The number of anilines is 3. The molecular weight excluding hydrogens is 1280 g/mol. The first-order valence-corrected chi connectivity index (χ1v) is 35.1. The predicted octanol–water partition coefficient (Wildman–Crippen LogP) is 11.0. The number of aromatic nitrogens is 9. The molecule has 6 aromatic heterocycles. The molecule has 10 fully saturated rings. The summed E-state index contributed by atoms with van der Waals surface area (Å²) < 4.78 is 128. The van der Waals surface area contributed by atoms with E-state index in [4.69, 9.17) is 36.9 Å². The second kappa shape index (κ2) is 26.4. The SMILES string of the molecule is CC(C)n1nc(-c2cnc(N)c(C(F)(F)F)c2)cc1C1[C@H]2CC(N3CCN4CCOCC4C3)C[C@@H]12.CC(C)n1nc(-c2cnc(N)c(C(F)(F)F)c2)cc1C1[C@H]2CC3(C[C@@H]12)CN(C)CCO3.CC(C)n1nc(-c2cnc(N)c(OC(F)F)c2)cc1C1[C@H]2CC(N3CCN(C)CC3)C[C@@H]12. The minimum absolute atomic E-state index is 0.0349. The fourth-order valence-corrected chi connectivity index (χ4v) is 18.2. The number of hydrogen-bond acceptors (Lipinski definition) is 17. The van der Waals surface area contributed by atoms with Crippen LogP contribution in [-0.4, -0.2) is 198 Å². The van der Waals surface area contributed by atoms with Gasteiger partial charge >= 0.3 is 19.0 Å². The van der Waals surface area contributed by atoms with Crippen LogP contribution in [0.25, 0.3) is 33.8 Å². The van der Waals surface area contributed by atoms with Crippen molar-refractivity contribution in [1.82, 2.24) is 68.8 Å². The second-order valence-corrected chi connectivity index (χ2v) is 30.4. The Balaban J connectivity index is 0.000000126. The summed E-state index contributed by atoms with van der Waals surface area (Å²) in [7, 11) is 4.34. The van der Waals surface area contributed by atoms with Gasteiger partial charge in [0, 0.05) is 172 Å². The molecule has 13 atom stereocenters. The standard InChI is InChI=1S/C25H33F3N6O.C23H32F2N6O.C22H28F3N5O/c1-14(2)34-22(10-21(31-34)15-7-20(25(26,27)28)24(29)30-11-15)23-18-8-16(9-19(18)23)33-4-3-32-5-6-35-13-17(32)12-33;1-13(2)31-19(11-18(28-31)14-8-20(32-23(24)25)22(26)27-12-14)21-16-9-15(10-17(16)21)30-6-4-29(3)5-7-30;1-12(2)30-18(19-14-8-21(9-15(14)19)11-29(3)4-5-31-21)7-17(28-30)13-6-16(22(23,24)25)20(26)27-10-13/h7,10-11,14,16-19,23H,3-6,8-9,12-13H2,1-2H3,(H2,29,30);8,11-13,15-17,21,23H,4-7,9-10H2,1-3H3,(H2,26,27);6-7,10,12,14-15,19H,4-5,8-9,11H2,1-3H3,(H2,26,27)/t16?,17?,18-,19+,23?;15?,16-,17+,21?;14-,15+,19?,21?. The first-order chi connectivity index (χ1) is 46.6. The number of rotatable bonds is 13. The van der Waals surface area contributed by atoms with Crippen molar-refractivity contribution in [2.45, 2.75) is 159 Å². The molecule has 0 amide bonds. The monoisotopic (exact) mass is 1370 g/mol. The van der Waals surface area contributed by atoms with Crippen LogP contribution in [0.15, 0.2) is 55.0 Å². The molecule has 6 aliphatic carbocycles. The summed E-state index contributed by atoms with van der Waals surface area (Å²) in [6, 6.07) is 11.9. The van der Waals surface area contributed by atoms with Crippen molar-refractivity contribution >= 4 is 17.5 Å². The molecule has 4 saturated heterocycles. The quantitative estimate of drug-likeness (QED) is 0.0917. The third-order valence-electron chi connectivity index (χ3n) is 23.1. The first kappa shape index (κ1) is 68.6. The number of nitrogens with zero attached hydrogens (tertiary/aromatic N) is 14. The molecule has 0 bridgehead atoms. The Kier molecular flexibility index (Phi) is 18.5. The van der Waals surface area contributed by atoms with Gasteiger partial charge in [0.05, 0.1) is 53.6 Å². The molecule has 10 aliphatic rings. The summed E-state index contributed by atoms with van der Waals surface area (Å²) in [6.45, 7) is 23.0. The molecule has 10 heterocycles. The highest BCUT2D eigenvalue weighted by Gasteiger charge is 2.64. The number of morpholine rings is 2. The van der Waals surface area contributed by atoms with E-state index in [0.717, 1.165) is 114 Å². The van der Waals surface area contributed by atoms with Crippen molar-refractivity contribution in [2.24, 2.45) is 35.5 Å². The van der Waals surface area contributed by atoms with Crippen LogP contribution in [-0.2, 0) is 21.8 Å². The lowest BCUT2D eigenvalue weighted by Gasteiger charge is -2.46. The van der Waals surface area contributed by atoms with Gasteiger partial charge in [0.2, 0.25) is 0 Å². The fourth-order valence-electron chi connectivity index (χ4n) is 18.2. The molecule has 20 nitrogen and oxygen atoms in total. The number of halogens is 8. The third-order valence-corrected chi connectivity index (χ3v) is 23.1. The van der Waals surface area contributed by atoms with E-state index in [1.807, 2.05) is 35.3 Å². The van der Waals surface area contributed by atoms with E-state index < -0.39 is 41.7 Å². The molecule has 6 aromatic rings. The van der Waals surface area contributed by atoms with Gasteiger partial charge < -0.3 is 41.2 Å². The number of piperazine rings is 2. The van der Waals surface area contributed by atoms with E-state index in [-0.39, 0.29) is 35.3 Å². The number of likely N-dealkylation sites (N-methyl/N-ethyl adjacent to an activating group) is 2. The zero-order valence-electron chi connectivity index (χ0n) is 57.1. The minimum Gasteiger partial charge on any atom is -0.431 e. The van der Waals surface area contributed by atoms with Gasteiger partial charge in [-0.1, -0.05) is 0 Å². The van der Waals surface area contributed by atoms with Crippen molar-refractivity contribution in [3.63, 3.8) is 0 Å². The van der Waals surface area contributed by atoms with Gasteiger partial charge in [-0.05, 0) is 166 Å². The molecule has 98 heavy (non-hydrogen) atoms. The number of nitrogen functional groups attached to an aromatic ring is 3. The van der Waals surface area contributed by atoms with E-state index in [0.29, 0.717) is 99.5 Å². The van der Waals surface area contributed by atoms with E-state index in [2.05, 4.69) is 102 Å². The maximum absolute atomic E-state index is 13.4. The largest absolute Gasteiger partial charge is 0.431 e. The Morgan fingerprint density at radius 1 is 0.500 bits per heavy atom. The minimum atomic E-state index is -4.55. The maximum atomic E-state index is 13.4. The number of pyridine rings is 3. The first-order valence-electron chi connectivity index (χ1n) is 35.1. The van der Waals surface area contributed by atoms with E-state index in [1.54, 1.807) is 6.20 Å². The van der Waals surface area contributed by atoms with Crippen LogP contribution >= 0.6 is 0 Å². The summed E-state index contributed by atoms with van der Waals surface area (Å²) in [5, 5.41) is 14.2. The topological polar surface area (TPSA) is 214 Å². The molecular formula is C70H93F8N17O3. The van der Waals surface area contributed by atoms with Gasteiger partial charge in [-0.2, -0.15) is 50.4 Å². The summed E-state index contributed by atoms with van der Waals surface area (Å²) in [4.78, 5) is 24.3. The van der Waals surface area contributed by atoms with Crippen molar-refractivity contribution < 1.29 is 49.3 Å². The van der Waals surface area contributed by atoms with E-state index in [1.165, 1.54) is 62.9 Å². The summed E-state index contributed by atoms with van der Waals surface area (Å²) >= 11 is 0. The van der Waals surface area contributed by atoms with Gasteiger partial charge in [0.15, 0.2) is 11.6 Å². The average molecular weight is 1370 g/mol. The van der Waals surface area contributed by atoms with Gasteiger partial charge in [0.25, 0.3) is 0 Å². The summed E-state index contributed by atoms with van der Waals surface area (Å²) in [6.07, 6.45) is 2.18. The molecule has 6 saturated carbocycles. The molecule has 16 rings (SSSR count). The second-order valence-electron chi connectivity index (χ2n) is 30.4. The zero-order chi connectivity index (χ0) is 69.2. The molecule has 4 aliphatic heterocycles. The van der Waals surface area contributed by atoms with Gasteiger partial charge in [0.1, 0.15) is 11.6 Å². The van der Waals surface area contributed by atoms with Crippen LogP contribution in [0.2, 0.25) is 0 Å². The Morgan fingerprint density at radius 2 is 0.918 bits per heavy atom. The molecule has 0 radical (unpaired) electrons.